The number of rotatable bonds is 8. The molecule has 0 aromatic heterocycles. The van der Waals surface area contributed by atoms with Crippen LogP contribution >= 0.6 is 0 Å². The van der Waals surface area contributed by atoms with Gasteiger partial charge in [-0.25, -0.2) is 0 Å². The summed E-state index contributed by atoms with van der Waals surface area (Å²) >= 11 is 0. The van der Waals surface area contributed by atoms with E-state index in [9.17, 15) is 0 Å². The molecule has 0 amide bonds. The Balaban J connectivity index is 1.81. The van der Waals surface area contributed by atoms with E-state index in [-0.39, 0.29) is 6.04 Å². The Labute approximate surface area is 126 Å². The zero-order valence-corrected chi connectivity index (χ0v) is 12.3. The van der Waals surface area contributed by atoms with E-state index in [2.05, 4.69) is 24.0 Å². The number of hydrogen-bond donors (Lipinski definition) is 1. The topological polar surface area (TPSA) is 30.5 Å². The van der Waals surface area contributed by atoms with Crippen LogP contribution in [0.5, 0.6) is 5.75 Å². The van der Waals surface area contributed by atoms with Crippen LogP contribution in [0.4, 0.5) is 5.69 Å². The van der Waals surface area contributed by atoms with Crippen molar-refractivity contribution in [3.05, 3.63) is 72.8 Å². The van der Waals surface area contributed by atoms with Gasteiger partial charge in [0.1, 0.15) is 5.75 Å². The lowest BCUT2D eigenvalue weighted by molar-refractivity contribution is 0.120. The second kappa shape index (κ2) is 8.12. The summed E-state index contributed by atoms with van der Waals surface area (Å²) < 4.78 is 10.9. The van der Waals surface area contributed by atoms with Crippen LogP contribution in [0.15, 0.2) is 67.3 Å². The predicted molar refractivity (Wildman–Crippen MR) is 86.7 cm³/mol. The first-order valence-corrected chi connectivity index (χ1v) is 6.96. The molecule has 0 aliphatic rings. The number of ether oxygens (including phenoxy) is 2. The third-order valence-electron chi connectivity index (χ3n) is 3.14. The van der Waals surface area contributed by atoms with Gasteiger partial charge in [0.15, 0.2) is 0 Å². The van der Waals surface area contributed by atoms with Crippen LogP contribution in [0.1, 0.15) is 5.56 Å². The molecule has 2 aromatic carbocycles. The Kier molecular flexibility index (Phi) is 5.85. The molecule has 110 valence electrons. The molecule has 0 aliphatic heterocycles. The highest BCUT2D eigenvalue weighted by Gasteiger charge is 2.04. The molecule has 3 nitrogen and oxygen atoms in total. The fourth-order valence-corrected chi connectivity index (χ4v) is 1.95. The second-order valence-electron chi connectivity index (χ2n) is 4.72. The Bertz CT molecular complexity index is 537. The van der Waals surface area contributed by atoms with E-state index >= 15 is 0 Å². The molecular formula is C18H21NO2. The van der Waals surface area contributed by atoms with Gasteiger partial charge in [0.25, 0.3) is 0 Å². The van der Waals surface area contributed by atoms with Crippen molar-refractivity contribution in [1.29, 1.82) is 0 Å². The molecule has 1 N–H and O–H groups in total. The maximum absolute atomic E-state index is 5.73. The van der Waals surface area contributed by atoms with Gasteiger partial charge in [-0.15, -0.1) is 6.58 Å². The Morgan fingerprint density at radius 3 is 2.43 bits per heavy atom. The molecule has 3 heteroatoms. The molecule has 0 heterocycles. The van der Waals surface area contributed by atoms with Crippen LogP contribution in [-0.4, -0.2) is 19.8 Å². The zero-order chi connectivity index (χ0) is 14.9. The van der Waals surface area contributed by atoms with Gasteiger partial charge in [-0.2, -0.15) is 0 Å². The van der Waals surface area contributed by atoms with Gasteiger partial charge in [0.2, 0.25) is 0 Å². The summed E-state index contributed by atoms with van der Waals surface area (Å²) in [5, 5.41) is 3.37. The normalized spacial score (nSPS) is 11.7. The largest absolute Gasteiger partial charge is 0.497 e. The van der Waals surface area contributed by atoms with Gasteiger partial charge in [-0.3, -0.25) is 0 Å². The molecule has 0 bridgehead atoms. The van der Waals surface area contributed by atoms with Gasteiger partial charge in [-0.1, -0.05) is 36.4 Å². The van der Waals surface area contributed by atoms with Crippen LogP contribution in [0.25, 0.3) is 0 Å². The molecule has 0 saturated heterocycles. The first kappa shape index (κ1) is 15.1. The van der Waals surface area contributed by atoms with Gasteiger partial charge < -0.3 is 14.8 Å². The molecule has 0 spiro atoms. The fourth-order valence-electron chi connectivity index (χ4n) is 1.95. The Morgan fingerprint density at radius 2 is 1.81 bits per heavy atom. The summed E-state index contributed by atoms with van der Waals surface area (Å²) in [5.41, 5.74) is 2.19. The summed E-state index contributed by atoms with van der Waals surface area (Å²) in [6.45, 7) is 5.03. The highest BCUT2D eigenvalue weighted by atomic mass is 16.5. The lowest BCUT2D eigenvalue weighted by Crippen LogP contribution is -2.22. The van der Waals surface area contributed by atoms with Crippen LogP contribution in [0.3, 0.4) is 0 Å². The van der Waals surface area contributed by atoms with Crippen molar-refractivity contribution in [1.82, 2.24) is 0 Å². The first-order chi connectivity index (χ1) is 10.3. The molecule has 2 rings (SSSR count). The fraction of sp³-hybridized carbons (Fsp3) is 0.222. The number of methoxy groups -OCH3 is 1. The second-order valence-corrected chi connectivity index (χ2v) is 4.72. The quantitative estimate of drug-likeness (QED) is 0.746. The minimum Gasteiger partial charge on any atom is -0.497 e. The van der Waals surface area contributed by atoms with Gasteiger partial charge in [0.05, 0.1) is 26.4 Å². The highest BCUT2D eigenvalue weighted by Crippen LogP contribution is 2.16. The van der Waals surface area contributed by atoms with Crippen molar-refractivity contribution in [3.8, 4) is 5.75 Å². The summed E-state index contributed by atoms with van der Waals surface area (Å²) in [5.74, 6) is 0.844. The lowest BCUT2D eigenvalue weighted by Gasteiger charge is -2.16. The Morgan fingerprint density at radius 1 is 1.10 bits per heavy atom. The maximum Gasteiger partial charge on any atom is 0.119 e. The van der Waals surface area contributed by atoms with Gasteiger partial charge >= 0.3 is 0 Å². The molecule has 0 fully saturated rings. The summed E-state index contributed by atoms with van der Waals surface area (Å²) in [4.78, 5) is 0. The van der Waals surface area contributed by atoms with Crippen LogP contribution in [0.2, 0.25) is 0 Å². The third-order valence-corrected chi connectivity index (χ3v) is 3.14. The standard InChI is InChI=1S/C18H21NO2/c1-3-16(14-21-13-15-7-5-4-6-8-15)19-17-9-11-18(20-2)12-10-17/h3-12,16,19H,1,13-14H2,2H3/t16-/m0/s1. The van der Waals surface area contributed by atoms with Crippen molar-refractivity contribution in [2.75, 3.05) is 19.0 Å². The average Bonchev–Trinajstić information content (AvgIpc) is 2.55. The van der Waals surface area contributed by atoms with Crippen molar-refractivity contribution in [3.63, 3.8) is 0 Å². The van der Waals surface area contributed by atoms with Crippen LogP contribution in [0, 0.1) is 0 Å². The van der Waals surface area contributed by atoms with E-state index in [0.29, 0.717) is 13.2 Å². The van der Waals surface area contributed by atoms with E-state index < -0.39 is 0 Å². The molecule has 0 unspecified atom stereocenters. The number of nitrogens with one attached hydrogen (secondary N) is 1. The molecule has 0 saturated carbocycles. The van der Waals surface area contributed by atoms with Crippen molar-refractivity contribution >= 4 is 5.69 Å². The Hall–Kier alpha value is -2.26. The summed E-state index contributed by atoms with van der Waals surface area (Å²) in [7, 11) is 1.66. The van der Waals surface area contributed by atoms with Gasteiger partial charge in [-0.05, 0) is 29.8 Å². The molecule has 1 atom stereocenters. The summed E-state index contributed by atoms with van der Waals surface area (Å²) in [6.07, 6.45) is 1.86. The van der Waals surface area contributed by atoms with E-state index in [4.69, 9.17) is 9.47 Å². The van der Waals surface area contributed by atoms with Crippen molar-refractivity contribution in [2.24, 2.45) is 0 Å². The monoisotopic (exact) mass is 283 g/mol. The number of anilines is 1. The molecule has 0 radical (unpaired) electrons. The third kappa shape index (κ3) is 4.97. The highest BCUT2D eigenvalue weighted by molar-refractivity contribution is 5.47. The van der Waals surface area contributed by atoms with E-state index in [1.54, 1.807) is 7.11 Å². The molecule has 21 heavy (non-hydrogen) atoms. The SMILES string of the molecule is C=C[C@@H](COCc1ccccc1)Nc1ccc(OC)cc1. The van der Waals surface area contributed by atoms with E-state index in [1.807, 2.05) is 48.5 Å². The average molecular weight is 283 g/mol. The smallest absolute Gasteiger partial charge is 0.119 e. The van der Waals surface area contributed by atoms with E-state index in [1.165, 1.54) is 5.56 Å². The maximum atomic E-state index is 5.73. The molecule has 2 aromatic rings. The summed E-state index contributed by atoms with van der Waals surface area (Å²) in [6, 6.07) is 18.0. The first-order valence-electron chi connectivity index (χ1n) is 6.96. The van der Waals surface area contributed by atoms with E-state index in [0.717, 1.165) is 11.4 Å². The van der Waals surface area contributed by atoms with Crippen molar-refractivity contribution < 1.29 is 9.47 Å². The zero-order valence-electron chi connectivity index (χ0n) is 12.3. The lowest BCUT2D eigenvalue weighted by atomic mass is 10.2. The molecule has 0 aliphatic carbocycles. The van der Waals surface area contributed by atoms with Crippen LogP contribution in [-0.2, 0) is 11.3 Å². The van der Waals surface area contributed by atoms with Crippen LogP contribution < -0.4 is 10.1 Å². The predicted octanol–water partition coefficient (Wildman–Crippen LogP) is 3.88. The molecular weight excluding hydrogens is 262 g/mol. The van der Waals surface area contributed by atoms with Gasteiger partial charge in [0, 0.05) is 5.69 Å². The minimum atomic E-state index is 0.0714. The minimum absolute atomic E-state index is 0.0714. The number of hydrogen-bond acceptors (Lipinski definition) is 3. The van der Waals surface area contributed by atoms with Crippen molar-refractivity contribution in [2.45, 2.75) is 12.6 Å². The number of benzene rings is 2.